The molecule has 1 aromatic heterocycles. The number of rotatable bonds is 4. The summed E-state index contributed by atoms with van der Waals surface area (Å²) in [5.41, 5.74) is 1.71. The van der Waals surface area contributed by atoms with Crippen LogP contribution in [0.3, 0.4) is 0 Å². The first-order chi connectivity index (χ1) is 14.6. The second-order valence-corrected chi connectivity index (χ2v) is 7.85. The summed E-state index contributed by atoms with van der Waals surface area (Å²) < 4.78 is 31.4. The third-order valence-corrected chi connectivity index (χ3v) is 5.81. The molecule has 1 saturated heterocycles. The minimum Gasteiger partial charge on any atom is -0.454 e. The van der Waals surface area contributed by atoms with Crippen LogP contribution in [0.25, 0.3) is 11.0 Å². The van der Waals surface area contributed by atoms with E-state index in [1.165, 1.54) is 0 Å². The van der Waals surface area contributed by atoms with E-state index in [1.54, 1.807) is 6.07 Å². The van der Waals surface area contributed by atoms with Gasteiger partial charge in [-0.1, -0.05) is 17.7 Å². The fraction of sp³-hybridized carbons (Fsp3) is 0.348. The Bertz CT molecular complexity index is 1150. The van der Waals surface area contributed by atoms with E-state index in [9.17, 15) is 4.79 Å². The van der Waals surface area contributed by atoms with Crippen LogP contribution < -0.4 is 25.3 Å². The Hall–Kier alpha value is -3.06. The van der Waals surface area contributed by atoms with E-state index in [1.807, 2.05) is 42.2 Å². The standard InChI is InChI=1S/C23H23FN2O4/c1-14-2-4-18-17(10-14)22(21(24)23(27)30-18)26(16-6-8-25-9-7-16)12-15-3-5-19-20(11-15)29-13-28-19/h2-5,10-11,16,25H,6-9,12-13H2,1H3. The zero-order valence-corrected chi connectivity index (χ0v) is 16.7. The highest BCUT2D eigenvalue weighted by Crippen LogP contribution is 2.36. The Morgan fingerprint density at radius 1 is 1.10 bits per heavy atom. The second-order valence-electron chi connectivity index (χ2n) is 7.85. The monoisotopic (exact) mass is 410 g/mol. The van der Waals surface area contributed by atoms with E-state index >= 15 is 4.39 Å². The third-order valence-electron chi connectivity index (χ3n) is 5.81. The van der Waals surface area contributed by atoms with Gasteiger partial charge >= 0.3 is 5.63 Å². The van der Waals surface area contributed by atoms with Crippen molar-refractivity contribution in [3.8, 4) is 11.5 Å². The highest BCUT2D eigenvalue weighted by atomic mass is 19.1. The number of piperidine rings is 1. The van der Waals surface area contributed by atoms with Crippen molar-refractivity contribution in [2.24, 2.45) is 0 Å². The van der Waals surface area contributed by atoms with E-state index in [0.29, 0.717) is 34.7 Å². The average molecular weight is 410 g/mol. The smallest absolute Gasteiger partial charge is 0.374 e. The van der Waals surface area contributed by atoms with Crippen molar-refractivity contribution in [3.63, 3.8) is 0 Å². The van der Waals surface area contributed by atoms with Gasteiger partial charge in [-0.05, 0) is 62.7 Å². The number of fused-ring (bicyclic) bond motifs is 2. The topological polar surface area (TPSA) is 63.9 Å². The van der Waals surface area contributed by atoms with Crippen LogP contribution in [0.2, 0.25) is 0 Å². The van der Waals surface area contributed by atoms with Crippen LogP contribution in [0.4, 0.5) is 10.1 Å². The van der Waals surface area contributed by atoms with Crippen LogP contribution in [-0.2, 0) is 6.54 Å². The van der Waals surface area contributed by atoms with E-state index in [2.05, 4.69) is 5.32 Å². The number of nitrogens with zero attached hydrogens (tertiary/aromatic N) is 1. The Morgan fingerprint density at radius 3 is 2.73 bits per heavy atom. The molecule has 0 amide bonds. The molecule has 0 atom stereocenters. The van der Waals surface area contributed by atoms with Gasteiger partial charge in [0.15, 0.2) is 11.5 Å². The molecule has 5 rings (SSSR count). The summed E-state index contributed by atoms with van der Waals surface area (Å²) in [7, 11) is 0. The summed E-state index contributed by atoms with van der Waals surface area (Å²) in [6.07, 6.45) is 1.72. The number of aryl methyl sites for hydroxylation is 1. The molecule has 2 aliphatic heterocycles. The van der Waals surface area contributed by atoms with E-state index < -0.39 is 11.4 Å². The van der Waals surface area contributed by atoms with Crippen LogP contribution in [0.1, 0.15) is 24.0 Å². The number of hydrogen-bond acceptors (Lipinski definition) is 6. The summed E-state index contributed by atoms with van der Waals surface area (Å²) in [6.45, 7) is 4.30. The van der Waals surface area contributed by atoms with Crippen molar-refractivity contribution in [1.29, 1.82) is 0 Å². The molecule has 7 heteroatoms. The molecule has 1 N–H and O–H groups in total. The minimum absolute atomic E-state index is 0.0942. The van der Waals surface area contributed by atoms with E-state index in [-0.39, 0.29) is 12.8 Å². The molecule has 156 valence electrons. The summed E-state index contributed by atoms with van der Waals surface area (Å²) >= 11 is 0. The molecule has 2 aromatic carbocycles. The molecule has 0 saturated carbocycles. The normalized spacial score (nSPS) is 16.2. The van der Waals surface area contributed by atoms with Gasteiger partial charge in [-0.25, -0.2) is 4.79 Å². The quantitative estimate of drug-likeness (QED) is 0.662. The first kappa shape index (κ1) is 18.9. The van der Waals surface area contributed by atoms with Crippen molar-refractivity contribution in [3.05, 3.63) is 63.8 Å². The lowest BCUT2D eigenvalue weighted by atomic mass is 10.0. The first-order valence-electron chi connectivity index (χ1n) is 10.2. The van der Waals surface area contributed by atoms with Crippen LogP contribution in [0.5, 0.6) is 11.5 Å². The molecule has 0 radical (unpaired) electrons. The molecule has 3 aromatic rings. The van der Waals surface area contributed by atoms with Crippen LogP contribution >= 0.6 is 0 Å². The van der Waals surface area contributed by atoms with Crippen LogP contribution in [0.15, 0.2) is 45.6 Å². The van der Waals surface area contributed by atoms with Crippen LogP contribution in [-0.4, -0.2) is 25.9 Å². The van der Waals surface area contributed by atoms with Crippen molar-refractivity contribution >= 4 is 16.7 Å². The largest absolute Gasteiger partial charge is 0.454 e. The van der Waals surface area contributed by atoms with Gasteiger partial charge in [0.2, 0.25) is 12.6 Å². The van der Waals surface area contributed by atoms with Crippen molar-refractivity contribution in [2.75, 3.05) is 24.8 Å². The molecular formula is C23H23FN2O4. The third kappa shape index (κ3) is 3.39. The molecule has 6 nitrogen and oxygen atoms in total. The van der Waals surface area contributed by atoms with Gasteiger partial charge in [0, 0.05) is 18.0 Å². The zero-order valence-electron chi connectivity index (χ0n) is 16.7. The van der Waals surface area contributed by atoms with E-state index in [4.69, 9.17) is 13.9 Å². The molecule has 3 heterocycles. The minimum atomic E-state index is -0.939. The molecule has 2 aliphatic rings. The number of benzene rings is 2. The molecule has 1 fully saturated rings. The maximum Gasteiger partial charge on any atom is 0.374 e. The second kappa shape index (κ2) is 7.65. The fourth-order valence-corrected chi connectivity index (χ4v) is 4.30. The molecule has 0 unspecified atom stereocenters. The van der Waals surface area contributed by atoms with E-state index in [0.717, 1.165) is 37.1 Å². The molecule has 0 aliphatic carbocycles. The molecular weight excluding hydrogens is 387 g/mol. The van der Waals surface area contributed by atoms with Crippen molar-refractivity contribution < 1.29 is 18.3 Å². The van der Waals surface area contributed by atoms with Gasteiger partial charge in [0.25, 0.3) is 0 Å². The Balaban J connectivity index is 1.64. The lowest BCUT2D eigenvalue weighted by Crippen LogP contribution is -2.43. The van der Waals surface area contributed by atoms with Gasteiger partial charge < -0.3 is 24.1 Å². The highest BCUT2D eigenvalue weighted by Gasteiger charge is 2.28. The zero-order chi connectivity index (χ0) is 20.7. The van der Waals surface area contributed by atoms with Crippen molar-refractivity contribution in [2.45, 2.75) is 32.4 Å². The molecule has 0 bridgehead atoms. The number of ether oxygens (including phenoxy) is 2. The maximum absolute atomic E-state index is 15.3. The van der Waals surface area contributed by atoms with Gasteiger partial charge in [-0.2, -0.15) is 4.39 Å². The summed E-state index contributed by atoms with van der Waals surface area (Å²) in [6, 6.07) is 11.3. The summed E-state index contributed by atoms with van der Waals surface area (Å²) in [4.78, 5) is 14.3. The summed E-state index contributed by atoms with van der Waals surface area (Å²) in [5, 5.41) is 3.97. The SMILES string of the molecule is Cc1ccc2oc(=O)c(F)c(N(Cc3ccc4c(c3)OCO4)C3CCNCC3)c2c1. The number of nitrogens with one attached hydrogen (secondary N) is 1. The van der Waals surface area contributed by atoms with Crippen molar-refractivity contribution in [1.82, 2.24) is 5.32 Å². The average Bonchev–Trinajstić information content (AvgIpc) is 3.22. The maximum atomic E-state index is 15.3. The van der Waals surface area contributed by atoms with Gasteiger partial charge in [0.05, 0.1) is 5.69 Å². The Kier molecular flexibility index (Phi) is 4.83. The lowest BCUT2D eigenvalue weighted by Gasteiger charge is -2.37. The number of halogens is 1. The fourth-order valence-electron chi connectivity index (χ4n) is 4.30. The highest BCUT2D eigenvalue weighted by molar-refractivity contribution is 5.91. The van der Waals surface area contributed by atoms with Gasteiger partial charge in [-0.15, -0.1) is 0 Å². The van der Waals surface area contributed by atoms with Gasteiger partial charge in [-0.3, -0.25) is 0 Å². The van der Waals surface area contributed by atoms with Gasteiger partial charge in [0.1, 0.15) is 5.58 Å². The Morgan fingerprint density at radius 2 is 1.90 bits per heavy atom. The molecule has 0 spiro atoms. The Labute approximate surface area is 173 Å². The first-order valence-corrected chi connectivity index (χ1v) is 10.2. The summed E-state index contributed by atoms with van der Waals surface area (Å²) in [5.74, 6) is 0.554. The number of anilines is 1. The lowest BCUT2D eigenvalue weighted by molar-refractivity contribution is 0.174. The number of hydrogen-bond donors (Lipinski definition) is 1. The predicted molar refractivity (Wildman–Crippen MR) is 112 cm³/mol. The molecule has 30 heavy (non-hydrogen) atoms. The van der Waals surface area contributed by atoms with Crippen LogP contribution in [0, 0.1) is 12.7 Å². The predicted octanol–water partition coefficient (Wildman–Crippen LogP) is 3.73.